The molecule has 0 N–H and O–H groups in total. The molecule has 1 aromatic rings. The van der Waals surface area contributed by atoms with E-state index in [-0.39, 0.29) is 24.4 Å². The maximum absolute atomic E-state index is 6.37. The number of hydrogen-bond donors (Lipinski definition) is 0. The van der Waals surface area contributed by atoms with E-state index in [1.165, 1.54) is 31.2 Å². The van der Waals surface area contributed by atoms with Crippen LogP contribution < -0.4 is 0 Å². The highest BCUT2D eigenvalue weighted by Crippen LogP contribution is 2.36. The van der Waals surface area contributed by atoms with Gasteiger partial charge in [0.15, 0.2) is 6.29 Å². The maximum Gasteiger partial charge on any atom is 0.162 e. The van der Waals surface area contributed by atoms with Gasteiger partial charge >= 0.3 is 0 Å². The molecular weight excluding hydrogens is 340 g/mol. The molecule has 2 aliphatic rings. The lowest BCUT2D eigenvalue weighted by molar-refractivity contribution is -0.225. The summed E-state index contributed by atoms with van der Waals surface area (Å²) in [6, 6.07) is 10.4. The smallest absolute Gasteiger partial charge is 0.162 e. The van der Waals surface area contributed by atoms with Crippen LogP contribution in [0.15, 0.2) is 30.3 Å². The second-order valence-electron chi connectivity index (χ2n) is 7.79. The quantitative estimate of drug-likeness (QED) is 0.504. The van der Waals surface area contributed by atoms with Gasteiger partial charge in [-0.25, -0.2) is 0 Å². The summed E-state index contributed by atoms with van der Waals surface area (Å²) in [6.07, 6.45) is 9.38. The lowest BCUT2D eigenvalue weighted by Gasteiger charge is -2.33. The van der Waals surface area contributed by atoms with Crippen LogP contribution in [-0.2, 0) is 25.6 Å². The van der Waals surface area contributed by atoms with E-state index in [2.05, 4.69) is 31.2 Å². The van der Waals surface area contributed by atoms with Gasteiger partial charge in [0.2, 0.25) is 0 Å². The van der Waals surface area contributed by atoms with E-state index in [1.54, 1.807) is 0 Å². The largest absolute Gasteiger partial charge is 0.375 e. The Balaban J connectivity index is 1.52. The van der Waals surface area contributed by atoms with Crippen molar-refractivity contribution in [1.82, 2.24) is 0 Å². The zero-order chi connectivity index (χ0) is 18.7. The fraction of sp³-hybridized carbons (Fsp3) is 0.739. The SMILES string of the molecule is CCCCCCCO[C@@H]1[C@@H](C2OCCCO2)CC[C@H]1OCc1ccccc1. The van der Waals surface area contributed by atoms with Gasteiger partial charge in [-0.2, -0.15) is 0 Å². The Hall–Kier alpha value is -0.940. The fourth-order valence-corrected chi connectivity index (χ4v) is 4.12. The van der Waals surface area contributed by atoms with Crippen molar-refractivity contribution in [1.29, 1.82) is 0 Å². The summed E-state index contributed by atoms with van der Waals surface area (Å²) in [5, 5.41) is 0. The van der Waals surface area contributed by atoms with Gasteiger partial charge in [0, 0.05) is 12.5 Å². The third-order valence-electron chi connectivity index (χ3n) is 5.64. The molecule has 4 heteroatoms. The molecule has 1 aromatic carbocycles. The third kappa shape index (κ3) is 6.56. The van der Waals surface area contributed by atoms with E-state index in [1.807, 2.05) is 6.07 Å². The normalized spacial score (nSPS) is 26.5. The van der Waals surface area contributed by atoms with Crippen LogP contribution in [0.2, 0.25) is 0 Å². The van der Waals surface area contributed by atoms with Gasteiger partial charge in [-0.15, -0.1) is 0 Å². The average molecular weight is 377 g/mol. The molecule has 1 aliphatic carbocycles. The first-order valence-corrected chi connectivity index (χ1v) is 10.9. The molecule has 0 aromatic heterocycles. The first-order chi connectivity index (χ1) is 13.4. The fourth-order valence-electron chi connectivity index (χ4n) is 4.12. The Morgan fingerprint density at radius 1 is 0.926 bits per heavy atom. The monoisotopic (exact) mass is 376 g/mol. The van der Waals surface area contributed by atoms with E-state index < -0.39 is 0 Å². The Labute approximate surface area is 164 Å². The molecule has 1 aliphatic heterocycles. The summed E-state index contributed by atoms with van der Waals surface area (Å²) in [6.45, 7) is 5.28. The van der Waals surface area contributed by atoms with Gasteiger partial charge in [0.25, 0.3) is 0 Å². The molecule has 1 saturated heterocycles. The van der Waals surface area contributed by atoms with Crippen molar-refractivity contribution >= 4 is 0 Å². The van der Waals surface area contributed by atoms with Crippen molar-refractivity contribution in [2.24, 2.45) is 5.92 Å². The average Bonchev–Trinajstić information content (AvgIpc) is 3.13. The predicted octanol–water partition coefficient (Wildman–Crippen LogP) is 5.10. The number of ether oxygens (including phenoxy) is 4. The molecule has 3 atom stereocenters. The number of benzene rings is 1. The second kappa shape index (κ2) is 11.8. The van der Waals surface area contributed by atoms with E-state index >= 15 is 0 Å². The molecule has 4 nitrogen and oxygen atoms in total. The molecule has 3 rings (SSSR count). The molecule has 0 spiro atoms. The van der Waals surface area contributed by atoms with Crippen LogP contribution in [0, 0.1) is 5.92 Å². The molecule has 27 heavy (non-hydrogen) atoms. The van der Waals surface area contributed by atoms with E-state index in [0.29, 0.717) is 6.61 Å². The van der Waals surface area contributed by atoms with Gasteiger partial charge < -0.3 is 18.9 Å². The van der Waals surface area contributed by atoms with Crippen LogP contribution in [0.4, 0.5) is 0 Å². The minimum Gasteiger partial charge on any atom is -0.375 e. The van der Waals surface area contributed by atoms with E-state index in [0.717, 1.165) is 45.5 Å². The summed E-state index contributed by atoms with van der Waals surface area (Å²) >= 11 is 0. The van der Waals surface area contributed by atoms with Crippen LogP contribution in [0.3, 0.4) is 0 Å². The molecule has 152 valence electrons. The molecule has 0 unspecified atom stereocenters. The van der Waals surface area contributed by atoms with E-state index in [9.17, 15) is 0 Å². The van der Waals surface area contributed by atoms with Crippen molar-refractivity contribution in [3.8, 4) is 0 Å². The van der Waals surface area contributed by atoms with Crippen LogP contribution in [0.5, 0.6) is 0 Å². The first-order valence-electron chi connectivity index (χ1n) is 10.9. The number of hydrogen-bond acceptors (Lipinski definition) is 4. The van der Waals surface area contributed by atoms with Gasteiger partial charge in [-0.1, -0.05) is 62.9 Å². The van der Waals surface area contributed by atoms with Crippen molar-refractivity contribution in [2.75, 3.05) is 19.8 Å². The highest BCUT2D eigenvalue weighted by atomic mass is 16.7. The van der Waals surface area contributed by atoms with E-state index in [4.69, 9.17) is 18.9 Å². The number of rotatable bonds is 11. The van der Waals surface area contributed by atoms with Crippen molar-refractivity contribution in [3.63, 3.8) is 0 Å². The molecule has 1 heterocycles. The zero-order valence-electron chi connectivity index (χ0n) is 16.8. The predicted molar refractivity (Wildman–Crippen MR) is 107 cm³/mol. The Bertz CT molecular complexity index is 500. The standard InChI is InChI=1S/C23H36O4/c1-2-3-4-5-9-15-24-22-20(23-25-16-10-17-26-23)13-14-21(22)27-18-19-11-7-6-8-12-19/h6-8,11-12,20-23H,2-5,9-10,13-18H2,1H3/t20-,21+,22+/m0/s1. The van der Waals surface area contributed by atoms with Gasteiger partial charge in [0.1, 0.15) is 0 Å². The van der Waals surface area contributed by atoms with Crippen LogP contribution in [-0.4, -0.2) is 38.3 Å². The molecule has 2 fully saturated rings. The molecule has 0 radical (unpaired) electrons. The van der Waals surface area contributed by atoms with Crippen LogP contribution >= 0.6 is 0 Å². The lowest BCUT2D eigenvalue weighted by Crippen LogP contribution is -2.41. The van der Waals surface area contributed by atoms with Gasteiger partial charge in [-0.3, -0.25) is 0 Å². The van der Waals surface area contributed by atoms with Crippen molar-refractivity contribution < 1.29 is 18.9 Å². The molecule has 0 bridgehead atoms. The molecule has 1 saturated carbocycles. The summed E-state index contributed by atoms with van der Waals surface area (Å²) in [4.78, 5) is 0. The van der Waals surface area contributed by atoms with Crippen molar-refractivity contribution in [3.05, 3.63) is 35.9 Å². The van der Waals surface area contributed by atoms with Crippen LogP contribution in [0.25, 0.3) is 0 Å². The summed E-state index contributed by atoms with van der Waals surface area (Å²) < 4.78 is 24.5. The first kappa shape index (κ1) is 20.8. The van der Waals surface area contributed by atoms with Gasteiger partial charge in [0.05, 0.1) is 32.0 Å². The zero-order valence-corrected chi connectivity index (χ0v) is 16.8. The van der Waals surface area contributed by atoms with Crippen LogP contribution in [0.1, 0.15) is 63.9 Å². The molecule has 0 amide bonds. The molecular formula is C23H36O4. The summed E-state index contributed by atoms with van der Waals surface area (Å²) in [5.74, 6) is 0.279. The Kier molecular flexibility index (Phi) is 9.09. The Morgan fingerprint density at radius 2 is 1.70 bits per heavy atom. The van der Waals surface area contributed by atoms with Gasteiger partial charge in [-0.05, 0) is 31.2 Å². The summed E-state index contributed by atoms with van der Waals surface area (Å²) in [7, 11) is 0. The maximum atomic E-state index is 6.37. The number of unbranched alkanes of at least 4 members (excludes halogenated alkanes) is 4. The third-order valence-corrected chi connectivity index (χ3v) is 5.64. The topological polar surface area (TPSA) is 36.9 Å². The highest BCUT2D eigenvalue weighted by Gasteiger charge is 2.43. The minimum atomic E-state index is -0.130. The van der Waals surface area contributed by atoms with Crippen molar-refractivity contribution in [2.45, 2.75) is 83.4 Å². The minimum absolute atomic E-state index is 0.0722. The second-order valence-corrected chi connectivity index (χ2v) is 7.79. The Morgan fingerprint density at radius 3 is 2.48 bits per heavy atom. The highest BCUT2D eigenvalue weighted by molar-refractivity contribution is 5.13. The summed E-state index contributed by atoms with van der Waals surface area (Å²) in [5.41, 5.74) is 1.21. The lowest BCUT2D eigenvalue weighted by atomic mass is 10.0.